The minimum Gasteiger partial charge on any atom is -0.303 e. The van der Waals surface area contributed by atoms with Crippen LogP contribution in [0.2, 0.25) is 0 Å². The van der Waals surface area contributed by atoms with Crippen LogP contribution < -0.4 is 0 Å². The molecule has 0 radical (unpaired) electrons. The maximum absolute atomic E-state index is 8.72. The van der Waals surface area contributed by atoms with E-state index in [-0.39, 0.29) is 0 Å². The number of pyridine rings is 2. The van der Waals surface area contributed by atoms with E-state index in [4.69, 9.17) is 5.26 Å². The molecule has 0 saturated carbocycles. The van der Waals surface area contributed by atoms with Gasteiger partial charge in [0.2, 0.25) is 0 Å². The lowest BCUT2D eigenvalue weighted by atomic mass is 10.3. The van der Waals surface area contributed by atoms with Gasteiger partial charge in [0.05, 0.1) is 10.6 Å². The molecule has 0 spiro atoms. The van der Waals surface area contributed by atoms with Crippen molar-refractivity contribution < 1.29 is 0 Å². The third-order valence-corrected chi connectivity index (χ3v) is 3.72. The van der Waals surface area contributed by atoms with E-state index in [0.717, 1.165) is 16.4 Å². The Morgan fingerprint density at radius 2 is 2.16 bits per heavy atom. The average Bonchev–Trinajstić information content (AvgIpc) is 2.94. The molecule has 0 N–H and O–H groups in total. The number of thioether (sulfide) groups is 1. The summed E-state index contributed by atoms with van der Waals surface area (Å²) in [5.41, 5.74) is 2.71. The molecule has 0 bridgehead atoms. The van der Waals surface area contributed by atoms with E-state index in [1.54, 1.807) is 30.2 Å². The first kappa shape index (κ1) is 11.8. The number of imidazole rings is 1. The highest BCUT2D eigenvalue weighted by Crippen LogP contribution is 2.21. The van der Waals surface area contributed by atoms with E-state index in [1.807, 2.05) is 24.4 Å². The van der Waals surface area contributed by atoms with Crippen molar-refractivity contribution in [3.8, 4) is 6.07 Å². The van der Waals surface area contributed by atoms with Crippen molar-refractivity contribution in [3.63, 3.8) is 0 Å². The van der Waals surface area contributed by atoms with Gasteiger partial charge in [-0.2, -0.15) is 5.26 Å². The van der Waals surface area contributed by atoms with Gasteiger partial charge in [-0.1, -0.05) is 6.07 Å². The number of fused-ring (bicyclic) bond motifs is 1. The van der Waals surface area contributed by atoms with Gasteiger partial charge in [-0.3, -0.25) is 0 Å². The van der Waals surface area contributed by atoms with Crippen LogP contribution in [0.25, 0.3) is 5.65 Å². The minimum atomic E-state index is 0.584. The summed E-state index contributed by atoms with van der Waals surface area (Å²) < 4.78 is 2.07. The van der Waals surface area contributed by atoms with Gasteiger partial charge >= 0.3 is 0 Å². The van der Waals surface area contributed by atoms with Crippen molar-refractivity contribution in [1.29, 1.82) is 5.26 Å². The lowest BCUT2D eigenvalue weighted by Crippen LogP contribution is -1.93. The predicted molar refractivity (Wildman–Crippen MR) is 73.7 cm³/mol. The van der Waals surface area contributed by atoms with Crippen molar-refractivity contribution in [2.75, 3.05) is 0 Å². The summed E-state index contributed by atoms with van der Waals surface area (Å²) in [6.07, 6.45) is 5.35. The third-order valence-electron chi connectivity index (χ3n) is 2.75. The van der Waals surface area contributed by atoms with Crippen LogP contribution in [0.5, 0.6) is 0 Å². The maximum atomic E-state index is 8.72. The van der Waals surface area contributed by atoms with Crippen LogP contribution in [0, 0.1) is 11.3 Å². The number of aromatic nitrogens is 3. The van der Waals surface area contributed by atoms with Crippen LogP contribution in [-0.4, -0.2) is 14.4 Å². The lowest BCUT2D eigenvalue weighted by Gasteiger charge is -2.04. The molecule has 0 atom stereocenters. The fraction of sp³-hybridized carbons (Fsp3) is 0.0714. The Kier molecular flexibility index (Phi) is 3.17. The summed E-state index contributed by atoms with van der Waals surface area (Å²) in [4.78, 5) is 8.51. The molecule has 3 rings (SSSR count). The van der Waals surface area contributed by atoms with Crippen LogP contribution in [0.4, 0.5) is 0 Å². The van der Waals surface area contributed by atoms with E-state index < -0.39 is 0 Å². The van der Waals surface area contributed by atoms with Crippen LogP contribution in [0.15, 0.2) is 53.9 Å². The average molecular weight is 266 g/mol. The molecule has 92 valence electrons. The van der Waals surface area contributed by atoms with Gasteiger partial charge in [-0.15, -0.1) is 11.8 Å². The zero-order valence-electron chi connectivity index (χ0n) is 10.0. The molecule has 3 aromatic rings. The molecular formula is C14H10N4S. The maximum Gasteiger partial charge on any atom is 0.136 e. The van der Waals surface area contributed by atoms with Crippen LogP contribution in [0.3, 0.4) is 0 Å². The zero-order chi connectivity index (χ0) is 13.1. The number of nitriles is 1. The predicted octanol–water partition coefficient (Wildman–Crippen LogP) is 2.89. The van der Waals surface area contributed by atoms with Crippen molar-refractivity contribution in [2.45, 2.75) is 10.8 Å². The fourth-order valence-corrected chi connectivity index (χ4v) is 2.63. The Morgan fingerprint density at radius 1 is 1.21 bits per heavy atom. The molecule has 0 aliphatic heterocycles. The molecular weight excluding hydrogens is 256 g/mol. The highest BCUT2D eigenvalue weighted by molar-refractivity contribution is 7.98. The smallest absolute Gasteiger partial charge is 0.136 e. The molecule has 0 aliphatic carbocycles. The van der Waals surface area contributed by atoms with E-state index in [1.165, 1.54) is 5.69 Å². The molecule has 19 heavy (non-hydrogen) atoms. The van der Waals surface area contributed by atoms with Crippen LogP contribution in [0.1, 0.15) is 11.3 Å². The Balaban J connectivity index is 1.78. The first-order chi connectivity index (χ1) is 9.36. The van der Waals surface area contributed by atoms with Gasteiger partial charge in [0, 0.05) is 30.0 Å². The number of hydrogen-bond acceptors (Lipinski definition) is 4. The van der Waals surface area contributed by atoms with Gasteiger partial charge in [-0.25, -0.2) is 9.97 Å². The number of rotatable bonds is 3. The molecule has 0 aromatic carbocycles. The lowest BCUT2D eigenvalue weighted by molar-refractivity contribution is 1.06. The standard InChI is InChI=1S/C14H10N4S/c15-8-11-4-5-14(17-9-11)19-10-12-2-1-3-13-16-6-7-18(12)13/h1-7,9H,10H2. The van der Waals surface area contributed by atoms with E-state index in [9.17, 15) is 0 Å². The third kappa shape index (κ3) is 2.44. The van der Waals surface area contributed by atoms with Gasteiger partial charge in [-0.05, 0) is 24.3 Å². The van der Waals surface area contributed by atoms with Crippen LogP contribution >= 0.6 is 11.8 Å². The Hall–Kier alpha value is -2.32. The van der Waals surface area contributed by atoms with Gasteiger partial charge < -0.3 is 4.40 Å². The Labute approximate surface area is 114 Å². The second-order valence-corrected chi connectivity index (χ2v) is 4.95. The Bertz CT molecular complexity index is 740. The summed E-state index contributed by atoms with van der Waals surface area (Å²) in [6, 6.07) is 11.8. The fourth-order valence-electron chi connectivity index (χ4n) is 1.80. The molecule has 0 amide bonds. The number of nitrogens with zero attached hydrogens (tertiary/aromatic N) is 4. The largest absolute Gasteiger partial charge is 0.303 e. The van der Waals surface area contributed by atoms with Crippen LogP contribution in [-0.2, 0) is 5.75 Å². The van der Waals surface area contributed by atoms with Crippen molar-refractivity contribution in [3.05, 3.63) is 60.2 Å². The SMILES string of the molecule is N#Cc1ccc(SCc2cccc3nccn23)nc1. The zero-order valence-corrected chi connectivity index (χ0v) is 10.8. The summed E-state index contributed by atoms with van der Waals surface area (Å²) >= 11 is 1.64. The summed E-state index contributed by atoms with van der Waals surface area (Å²) in [5, 5.41) is 9.64. The van der Waals surface area contributed by atoms with Gasteiger partial charge in [0.25, 0.3) is 0 Å². The molecule has 0 aliphatic rings. The monoisotopic (exact) mass is 266 g/mol. The van der Waals surface area contributed by atoms with Crippen molar-refractivity contribution >= 4 is 17.4 Å². The van der Waals surface area contributed by atoms with Gasteiger partial charge in [0.15, 0.2) is 0 Å². The van der Waals surface area contributed by atoms with E-state index >= 15 is 0 Å². The van der Waals surface area contributed by atoms with E-state index in [2.05, 4.69) is 26.5 Å². The normalized spacial score (nSPS) is 10.5. The molecule has 3 heterocycles. The topological polar surface area (TPSA) is 54.0 Å². The molecule has 4 nitrogen and oxygen atoms in total. The second-order valence-electron chi connectivity index (χ2n) is 3.96. The molecule has 0 unspecified atom stereocenters. The first-order valence-electron chi connectivity index (χ1n) is 5.77. The highest BCUT2D eigenvalue weighted by Gasteiger charge is 2.02. The molecule has 5 heteroatoms. The van der Waals surface area contributed by atoms with Gasteiger partial charge in [0.1, 0.15) is 11.7 Å². The minimum absolute atomic E-state index is 0.584. The summed E-state index contributed by atoms with van der Waals surface area (Å²) in [5.74, 6) is 0.812. The Morgan fingerprint density at radius 3 is 2.95 bits per heavy atom. The molecule has 0 saturated heterocycles. The van der Waals surface area contributed by atoms with E-state index in [0.29, 0.717) is 5.56 Å². The second kappa shape index (κ2) is 5.12. The quantitative estimate of drug-likeness (QED) is 0.684. The molecule has 0 fully saturated rings. The number of hydrogen-bond donors (Lipinski definition) is 0. The highest BCUT2D eigenvalue weighted by atomic mass is 32.2. The van der Waals surface area contributed by atoms with Crippen molar-refractivity contribution in [2.24, 2.45) is 0 Å². The van der Waals surface area contributed by atoms with Crippen molar-refractivity contribution in [1.82, 2.24) is 14.4 Å². The molecule has 3 aromatic heterocycles. The summed E-state index contributed by atoms with van der Waals surface area (Å²) in [6.45, 7) is 0. The first-order valence-corrected chi connectivity index (χ1v) is 6.75. The summed E-state index contributed by atoms with van der Waals surface area (Å²) in [7, 11) is 0.